The van der Waals surface area contributed by atoms with E-state index in [1.807, 2.05) is 0 Å². The molecule has 2 nitrogen and oxygen atoms in total. The summed E-state index contributed by atoms with van der Waals surface area (Å²) in [4.78, 5) is 0. The Morgan fingerprint density at radius 3 is 1.89 bits per heavy atom. The lowest BCUT2D eigenvalue weighted by molar-refractivity contribution is 0.188. The highest BCUT2D eigenvalue weighted by Gasteiger charge is 2.24. The maximum atomic E-state index is 14.8. The molecular weight excluding hydrogens is 492 g/mol. The van der Waals surface area contributed by atoms with Crippen LogP contribution >= 0.6 is 0 Å². The first-order valence-corrected chi connectivity index (χ1v) is 14.0. The summed E-state index contributed by atoms with van der Waals surface area (Å²) in [6.45, 7) is 4.32. The van der Waals surface area contributed by atoms with Crippen molar-refractivity contribution in [2.24, 2.45) is 23.7 Å². The summed E-state index contributed by atoms with van der Waals surface area (Å²) in [6.07, 6.45) is 18.5. The Morgan fingerprint density at radius 2 is 1.34 bits per heavy atom. The molecular formula is C32H38F4O2. The Morgan fingerprint density at radius 1 is 0.711 bits per heavy atom. The third kappa shape index (κ3) is 6.81. The number of rotatable bonds is 10. The number of benzene rings is 2. The van der Waals surface area contributed by atoms with Crippen LogP contribution in [0, 0.1) is 46.9 Å². The number of hydrogen-bond acceptors (Lipinski definition) is 2. The predicted molar refractivity (Wildman–Crippen MR) is 143 cm³/mol. The van der Waals surface area contributed by atoms with Gasteiger partial charge in [0.2, 0.25) is 11.6 Å². The lowest BCUT2D eigenvalue weighted by Gasteiger charge is -2.27. The zero-order chi connectivity index (χ0) is 27.1. The van der Waals surface area contributed by atoms with Gasteiger partial charge in [-0.25, -0.2) is 8.78 Å². The van der Waals surface area contributed by atoms with Crippen LogP contribution in [0.4, 0.5) is 17.6 Å². The molecule has 2 aliphatic carbocycles. The smallest absolute Gasteiger partial charge is 0.201 e. The van der Waals surface area contributed by atoms with Crippen LogP contribution in [0.3, 0.4) is 0 Å². The molecule has 2 aliphatic rings. The second-order valence-corrected chi connectivity index (χ2v) is 10.6. The van der Waals surface area contributed by atoms with Crippen molar-refractivity contribution < 1.29 is 27.0 Å². The Hall–Kier alpha value is -2.76. The van der Waals surface area contributed by atoms with Crippen LogP contribution in [-0.4, -0.2) is 13.2 Å². The van der Waals surface area contributed by atoms with E-state index in [9.17, 15) is 17.6 Å². The van der Waals surface area contributed by atoms with E-state index < -0.39 is 23.3 Å². The summed E-state index contributed by atoms with van der Waals surface area (Å²) >= 11 is 0. The zero-order valence-corrected chi connectivity index (χ0v) is 22.3. The summed E-state index contributed by atoms with van der Waals surface area (Å²) < 4.78 is 69.0. The molecule has 0 heterocycles. The van der Waals surface area contributed by atoms with E-state index in [0.29, 0.717) is 18.4 Å². The molecule has 2 unspecified atom stereocenters. The minimum absolute atomic E-state index is 0.153. The molecule has 1 fully saturated rings. The van der Waals surface area contributed by atoms with Gasteiger partial charge >= 0.3 is 0 Å². The van der Waals surface area contributed by atoms with E-state index in [1.54, 1.807) is 6.92 Å². The van der Waals surface area contributed by atoms with E-state index in [1.165, 1.54) is 49.9 Å². The van der Waals surface area contributed by atoms with Crippen LogP contribution in [0.2, 0.25) is 0 Å². The van der Waals surface area contributed by atoms with Gasteiger partial charge in [-0.3, -0.25) is 0 Å². The topological polar surface area (TPSA) is 18.5 Å². The summed E-state index contributed by atoms with van der Waals surface area (Å²) in [7, 11) is 0. The maximum absolute atomic E-state index is 14.8. The van der Waals surface area contributed by atoms with Gasteiger partial charge in [-0.1, -0.05) is 37.6 Å². The van der Waals surface area contributed by atoms with Crippen molar-refractivity contribution in [2.75, 3.05) is 13.2 Å². The third-order valence-corrected chi connectivity index (χ3v) is 7.84. The lowest BCUT2D eigenvalue weighted by atomic mass is 9.81. The fraction of sp³-hybridized carbons (Fsp3) is 0.500. The highest BCUT2D eigenvalue weighted by atomic mass is 19.2. The van der Waals surface area contributed by atoms with E-state index in [-0.39, 0.29) is 35.2 Å². The quantitative estimate of drug-likeness (QED) is 0.225. The minimum Gasteiger partial charge on any atom is -0.491 e. The molecule has 0 N–H and O–H groups in total. The molecule has 0 amide bonds. The first kappa shape index (κ1) is 28.3. The van der Waals surface area contributed by atoms with Crippen molar-refractivity contribution in [3.63, 3.8) is 0 Å². The summed E-state index contributed by atoms with van der Waals surface area (Å²) in [5.74, 6) is -3.37. The van der Waals surface area contributed by atoms with E-state index in [2.05, 4.69) is 31.2 Å². The van der Waals surface area contributed by atoms with Gasteiger partial charge in [0.1, 0.15) is 0 Å². The van der Waals surface area contributed by atoms with Crippen molar-refractivity contribution in [3.05, 3.63) is 71.8 Å². The van der Waals surface area contributed by atoms with Gasteiger partial charge in [-0.2, -0.15) is 8.78 Å². The van der Waals surface area contributed by atoms with E-state index in [4.69, 9.17) is 9.47 Å². The third-order valence-electron chi connectivity index (χ3n) is 7.84. The molecule has 2 aromatic rings. The van der Waals surface area contributed by atoms with Gasteiger partial charge in [0.25, 0.3) is 0 Å². The molecule has 0 aromatic heterocycles. The molecule has 0 bridgehead atoms. The molecule has 0 saturated heterocycles. The van der Waals surface area contributed by atoms with Gasteiger partial charge in [0.05, 0.1) is 13.2 Å². The normalized spacial score (nSPS) is 23.6. The van der Waals surface area contributed by atoms with Crippen molar-refractivity contribution in [1.82, 2.24) is 0 Å². The van der Waals surface area contributed by atoms with Crippen LogP contribution < -0.4 is 9.47 Å². The van der Waals surface area contributed by atoms with E-state index in [0.717, 1.165) is 31.6 Å². The van der Waals surface area contributed by atoms with Crippen molar-refractivity contribution in [2.45, 2.75) is 65.2 Å². The molecule has 38 heavy (non-hydrogen) atoms. The monoisotopic (exact) mass is 530 g/mol. The van der Waals surface area contributed by atoms with Gasteiger partial charge in [0.15, 0.2) is 23.1 Å². The first-order chi connectivity index (χ1) is 18.4. The fourth-order valence-electron chi connectivity index (χ4n) is 5.58. The molecule has 0 aliphatic heterocycles. The number of ether oxygens (including phenoxy) is 2. The summed E-state index contributed by atoms with van der Waals surface area (Å²) in [5, 5.41) is 0. The zero-order valence-electron chi connectivity index (χ0n) is 22.3. The summed E-state index contributed by atoms with van der Waals surface area (Å²) in [5.41, 5.74) is -0.736. The van der Waals surface area contributed by atoms with Crippen molar-refractivity contribution >= 4 is 0 Å². The highest BCUT2D eigenvalue weighted by Crippen LogP contribution is 2.36. The second kappa shape index (κ2) is 13.3. The Bertz CT molecular complexity index is 1130. The average molecular weight is 531 g/mol. The Labute approximate surface area is 223 Å². The molecule has 1 saturated carbocycles. The molecule has 2 atom stereocenters. The van der Waals surface area contributed by atoms with E-state index >= 15 is 0 Å². The second-order valence-electron chi connectivity index (χ2n) is 10.6. The van der Waals surface area contributed by atoms with Gasteiger partial charge in [0, 0.05) is 11.1 Å². The SMILES string of the molecule is CCCC1C=CC(/C=C/C2CCC(COc3ccc(-c4ccc(OCC)c(F)c4F)c(F)c3F)CC2)CC1. The molecule has 0 spiro atoms. The first-order valence-electron chi connectivity index (χ1n) is 14.0. The average Bonchev–Trinajstić information content (AvgIpc) is 2.93. The van der Waals surface area contributed by atoms with Crippen molar-refractivity contribution in [1.29, 1.82) is 0 Å². The van der Waals surface area contributed by atoms with Gasteiger partial charge < -0.3 is 9.47 Å². The number of allylic oxidation sites excluding steroid dienone is 4. The predicted octanol–water partition coefficient (Wildman–Crippen LogP) is 9.43. The van der Waals surface area contributed by atoms with Crippen LogP contribution in [0.5, 0.6) is 11.5 Å². The molecule has 6 heteroatoms. The number of halogens is 4. The largest absolute Gasteiger partial charge is 0.491 e. The minimum atomic E-state index is -1.28. The lowest BCUT2D eigenvalue weighted by Crippen LogP contribution is -2.20. The molecule has 206 valence electrons. The summed E-state index contributed by atoms with van der Waals surface area (Å²) in [6, 6.07) is 4.89. The Balaban J connectivity index is 1.29. The van der Waals surface area contributed by atoms with Crippen molar-refractivity contribution in [3.8, 4) is 22.6 Å². The molecule has 0 radical (unpaired) electrons. The molecule has 2 aromatic carbocycles. The standard InChI is InChI=1S/C32H38F4O2/c1-3-5-21-6-8-22(9-7-21)10-11-23-12-14-24(15-13-23)20-38-28-19-17-26(30(34)32(28)36)25-16-18-27(37-4-2)31(35)29(25)33/h6,8,10-11,16-19,21-24H,3-5,7,9,12-15,20H2,1-2H3/b11-10+. The maximum Gasteiger partial charge on any atom is 0.201 e. The molecule has 4 rings (SSSR count). The van der Waals surface area contributed by atoms with Gasteiger partial charge in [-0.15, -0.1) is 0 Å². The van der Waals surface area contributed by atoms with Crippen LogP contribution in [-0.2, 0) is 0 Å². The van der Waals surface area contributed by atoms with Crippen LogP contribution in [0.15, 0.2) is 48.6 Å². The van der Waals surface area contributed by atoms with Gasteiger partial charge in [-0.05, 0) is 99.8 Å². The number of hydrogen-bond donors (Lipinski definition) is 0. The fourth-order valence-corrected chi connectivity index (χ4v) is 5.58. The van der Waals surface area contributed by atoms with Crippen LogP contribution in [0.25, 0.3) is 11.1 Å². The highest BCUT2D eigenvalue weighted by molar-refractivity contribution is 5.67. The van der Waals surface area contributed by atoms with Crippen LogP contribution in [0.1, 0.15) is 65.2 Å². The Kier molecular flexibility index (Phi) is 9.92.